The van der Waals surface area contributed by atoms with Crippen LogP contribution in [0.1, 0.15) is 73.1 Å². The standard InChI is InChI=1S/C16H30O/c1-14(2)10-9-13-16(17-15(3,4)5)11-7-6-8-12-16/h9-10,14H,6-8,11-13H2,1-5H3/b10-9+. The Morgan fingerprint density at radius 1 is 1.12 bits per heavy atom. The largest absolute Gasteiger partial charge is 0.369 e. The molecule has 0 radical (unpaired) electrons. The summed E-state index contributed by atoms with van der Waals surface area (Å²) < 4.78 is 6.40. The van der Waals surface area contributed by atoms with Crippen LogP contribution in [0.4, 0.5) is 0 Å². The van der Waals surface area contributed by atoms with Crippen molar-refractivity contribution in [3.63, 3.8) is 0 Å². The van der Waals surface area contributed by atoms with Crippen LogP contribution in [0.15, 0.2) is 12.2 Å². The van der Waals surface area contributed by atoms with Gasteiger partial charge >= 0.3 is 0 Å². The van der Waals surface area contributed by atoms with Crippen molar-refractivity contribution in [3.05, 3.63) is 12.2 Å². The zero-order valence-corrected chi connectivity index (χ0v) is 12.4. The van der Waals surface area contributed by atoms with Gasteiger partial charge in [0.15, 0.2) is 0 Å². The van der Waals surface area contributed by atoms with E-state index < -0.39 is 0 Å². The fourth-order valence-electron chi connectivity index (χ4n) is 2.75. The van der Waals surface area contributed by atoms with Gasteiger partial charge in [0.2, 0.25) is 0 Å². The van der Waals surface area contributed by atoms with E-state index >= 15 is 0 Å². The van der Waals surface area contributed by atoms with Crippen molar-refractivity contribution in [2.24, 2.45) is 5.92 Å². The van der Waals surface area contributed by atoms with Gasteiger partial charge in [-0.15, -0.1) is 0 Å². The second-order valence-corrected chi connectivity index (χ2v) is 6.83. The molecule has 0 aromatic rings. The average Bonchev–Trinajstić information content (AvgIpc) is 2.15. The summed E-state index contributed by atoms with van der Waals surface area (Å²) in [5, 5.41) is 0. The highest BCUT2D eigenvalue weighted by atomic mass is 16.5. The van der Waals surface area contributed by atoms with E-state index in [1.54, 1.807) is 0 Å². The predicted octanol–water partition coefficient (Wildman–Crippen LogP) is 5.11. The predicted molar refractivity (Wildman–Crippen MR) is 75.2 cm³/mol. The van der Waals surface area contributed by atoms with E-state index in [0.717, 1.165) is 6.42 Å². The van der Waals surface area contributed by atoms with Gasteiger partial charge in [-0.2, -0.15) is 0 Å². The maximum atomic E-state index is 6.40. The Morgan fingerprint density at radius 2 is 1.71 bits per heavy atom. The summed E-state index contributed by atoms with van der Waals surface area (Å²) in [5.74, 6) is 0.644. The highest BCUT2D eigenvalue weighted by Gasteiger charge is 2.35. The summed E-state index contributed by atoms with van der Waals surface area (Å²) in [4.78, 5) is 0. The quantitative estimate of drug-likeness (QED) is 0.619. The summed E-state index contributed by atoms with van der Waals surface area (Å²) in [5.41, 5.74) is 0.0882. The molecule has 100 valence electrons. The number of rotatable bonds is 4. The van der Waals surface area contributed by atoms with Crippen LogP contribution < -0.4 is 0 Å². The first-order chi connectivity index (χ1) is 7.83. The summed E-state index contributed by atoms with van der Waals surface area (Å²) in [6.07, 6.45) is 12.2. The molecular formula is C16H30O. The fraction of sp³-hybridized carbons (Fsp3) is 0.875. The van der Waals surface area contributed by atoms with Crippen molar-refractivity contribution < 1.29 is 4.74 Å². The Balaban J connectivity index is 2.65. The van der Waals surface area contributed by atoms with Crippen molar-refractivity contribution in [2.75, 3.05) is 0 Å². The third-order valence-electron chi connectivity index (χ3n) is 3.30. The summed E-state index contributed by atoms with van der Waals surface area (Å²) >= 11 is 0. The van der Waals surface area contributed by atoms with Crippen LogP contribution >= 0.6 is 0 Å². The van der Waals surface area contributed by atoms with Gasteiger partial charge in [0.1, 0.15) is 0 Å². The van der Waals surface area contributed by atoms with Crippen LogP contribution in [-0.2, 0) is 4.74 Å². The molecule has 0 aromatic heterocycles. The van der Waals surface area contributed by atoms with E-state index in [1.807, 2.05) is 0 Å². The molecule has 0 N–H and O–H groups in total. The van der Waals surface area contributed by atoms with Gasteiger partial charge < -0.3 is 4.74 Å². The van der Waals surface area contributed by atoms with E-state index in [1.165, 1.54) is 32.1 Å². The summed E-state index contributed by atoms with van der Waals surface area (Å²) in [6, 6.07) is 0. The molecule has 1 aliphatic rings. The van der Waals surface area contributed by atoms with Gasteiger partial charge in [-0.25, -0.2) is 0 Å². The second kappa shape index (κ2) is 6.04. The molecule has 0 aliphatic heterocycles. The van der Waals surface area contributed by atoms with Crippen LogP contribution in [0, 0.1) is 5.92 Å². The van der Waals surface area contributed by atoms with Gasteiger partial charge in [-0.3, -0.25) is 0 Å². The van der Waals surface area contributed by atoms with Crippen LogP contribution in [0.2, 0.25) is 0 Å². The third-order valence-corrected chi connectivity index (χ3v) is 3.30. The smallest absolute Gasteiger partial charge is 0.0723 e. The minimum atomic E-state index is -0.0248. The number of ether oxygens (including phenoxy) is 1. The average molecular weight is 238 g/mol. The molecule has 0 saturated heterocycles. The topological polar surface area (TPSA) is 9.23 Å². The van der Waals surface area contributed by atoms with E-state index in [2.05, 4.69) is 46.8 Å². The Bertz CT molecular complexity index is 239. The van der Waals surface area contributed by atoms with E-state index in [9.17, 15) is 0 Å². The molecule has 0 atom stereocenters. The normalized spacial score (nSPS) is 21.3. The molecule has 0 heterocycles. The lowest BCUT2D eigenvalue weighted by Gasteiger charge is -2.42. The molecule has 1 rings (SSSR count). The lowest BCUT2D eigenvalue weighted by Crippen LogP contribution is -2.41. The van der Waals surface area contributed by atoms with Gasteiger partial charge in [-0.05, 0) is 46.0 Å². The zero-order chi connectivity index (χ0) is 12.9. The molecule has 1 aliphatic carbocycles. The first-order valence-corrected chi connectivity index (χ1v) is 7.20. The molecule has 1 saturated carbocycles. The van der Waals surface area contributed by atoms with Crippen molar-refractivity contribution in [2.45, 2.75) is 84.3 Å². The highest BCUT2D eigenvalue weighted by molar-refractivity contribution is 4.96. The molecule has 0 amide bonds. The lowest BCUT2D eigenvalue weighted by atomic mass is 9.81. The monoisotopic (exact) mass is 238 g/mol. The van der Waals surface area contributed by atoms with Crippen molar-refractivity contribution in [1.29, 1.82) is 0 Å². The second-order valence-electron chi connectivity index (χ2n) is 6.83. The molecule has 0 aromatic carbocycles. The van der Waals surface area contributed by atoms with Crippen LogP contribution in [0.5, 0.6) is 0 Å². The lowest BCUT2D eigenvalue weighted by molar-refractivity contribution is -0.146. The molecule has 0 unspecified atom stereocenters. The number of hydrogen-bond acceptors (Lipinski definition) is 1. The third kappa shape index (κ3) is 5.72. The fourth-order valence-corrected chi connectivity index (χ4v) is 2.75. The number of allylic oxidation sites excluding steroid dienone is 1. The molecular weight excluding hydrogens is 208 g/mol. The Labute approximate surface area is 108 Å². The molecule has 1 fully saturated rings. The van der Waals surface area contributed by atoms with Gasteiger partial charge in [-0.1, -0.05) is 45.3 Å². The van der Waals surface area contributed by atoms with Crippen LogP contribution in [0.3, 0.4) is 0 Å². The minimum Gasteiger partial charge on any atom is -0.369 e. The summed E-state index contributed by atoms with van der Waals surface area (Å²) in [7, 11) is 0. The van der Waals surface area contributed by atoms with E-state index in [0.29, 0.717) is 5.92 Å². The van der Waals surface area contributed by atoms with Gasteiger partial charge in [0.25, 0.3) is 0 Å². The van der Waals surface area contributed by atoms with Gasteiger partial charge in [0.05, 0.1) is 11.2 Å². The van der Waals surface area contributed by atoms with E-state index in [4.69, 9.17) is 4.74 Å². The SMILES string of the molecule is CC(C)/C=C/CC1(OC(C)(C)C)CCCCC1. The maximum absolute atomic E-state index is 6.40. The Hall–Kier alpha value is -0.300. The molecule has 17 heavy (non-hydrogen) atoms. The van der Waals surface area contributed by atoms with Crippen LogP contribution in [0.25, 0.3) is 0 Å². The highest BCUT2D eigenvalue weighted by Crippen LogP contribution is 2.38. The minimum absolute atomic E-state index is 0.0248. The first kappa shape index (κ1) is 14.8. The van der Waals surface area contributed by atoms with Crippen molar-refractivity contribution >= 4 is 0 Å². The zero-order valence-electron chi connectivity index (χ0n) is 12.4. The van der Waals surface area contributed by atoms with Crippen LogP contribution in [-0.4, -0.2) is 11.2 Å². The van der Waals surface area contributed by atoms with Crippen molar-refractivity contribution in [3.8, 4) is 0 Å². The Morgan fingerprint density at radius 3 is 2.18 bits per heavy atom. The number of hydrogen-bond donors (Lipinski definition) is 0. The van der Waals surface area contributed by atoms with Gasteiger partial charge in [0, 0.05) is 0 Å². The Kier molecular flexibility index (Phi) is 5.24. The first-order valence-electron chi connectivity index (χ1n) is 7.20. The van der Waals surface area contributed by atoms with E-state index in [-0.39, 0.29) is 11.2 Å². The molecule has 0 spiro atoms. The van der Waals surface area contributed by atoms with Crippen molar-refractivity contribution in [1.82, 2.24) is 0 Å². The summed E-state index contributed by atoms with van der Waals surface area (Å²) in [6.45, 7) is 11.0. The molecule has 0 bridgehead atoms. The maximum Gasteiger partial charge on any atom is 0.0723 e. The molecule has 1 heteroatoms. The molecule has 1 nitrogen and oxygen atoms in total.